The normalized spacial score (nSPS) is 12.1. The van der Waals surface area contributed by atoms with Crippen molar-refractivity contribution in [3.05, 3.63) is 70.0 Å². The third-order valence-electron chi connectivity index (χ3n) is 2.90. The summed E-state index contributed by atoms with van der Waals surface area (Å²) in [7, 11) is 0. The fourth-order valence-corrected chi connectivity index (χ4v) is 2.05. The lowest BCUT2D eigenvalue weighted by Gasteiger charge is -2.06. The number of carbonyl (C=O) groups excluding carboxylic acids is 1. The molecule has 5 N–H and O–H groups in total. The first-order valence-electron chi connectivity index (χ1n) is 6.85. The number of benzene rings is 1. The van der Waals surface area contributed by atoms with Gasteiger partial charge in [-0.15, -0.1) is 0 Å². The molecule has 0 aliphatic carbocycles. The number of allylic oxidation sites excluding steroid dienone is 3. The molecule has 1 heterocycles. The Labute approximate surface area is 149 Å². The van der Waals surface area contributed by atoms with Crippen molar-refractivity contribution >= 4 is 29.1 Å². The van der Waals surface area contributed by atoms with Crippen LogP contribution in [-0.4, -0.2) is 15.9 Å². The van der Waals surface area contributed by atoms with E-state index in [1.807, 2.05) is 0 Å². The van der Waals surface area contributed by atoms with E-state index in [1.165, 1.54) is 18.5 Å². The number of halogens is 2. The molecule has 0 saturated heterocycles. The van der Waals surface area contributed by atoms with Gasteiger partial charge in [0.1, 0.15) is 17.8 Å². The monoisotopic (exact) mass is 363 g/mol. The van der Waals surface area contributed by atoms with Crippen LogP contribution in [0.3, 0.4) is 0 Å². The number of nitrogens with one attached hydrogen (secondary N) is 1. The Bertz CT molecular complexity index is 829. The molecule has 0 spiro atoms. The van der Waals surface area contributed by atoms with Gasteiger partial charge in [-0.1, -0.05) is 29.3 Å². The molecule has 2 aromatic rings. The first-order valence-corrected chi connectivity index (χ1v) is 7.61. The fraction of sp³-hybridized carbons (Fsp3) is 0.0625. The smallest absolute Gasteiger partial charge is 0.275 e. The number of rotatable bonds is 4. The highest BCUT2D eigenvalue weighted by Crippen LogP contribution is 2.27. The average Bonchev–Trinajstić information content (AvgIpc) is 2.55. The molecule has 0 saturated carbocycles. The average molecular weight is 364 g/mol. The molecule has 2 rings (SSSR count). The molecule has 0 unspecified atom stereocenters. The number of hydrogen-bond donors (Lipinski definition) is 3. The summed E-state index contributed by atoms with van der Waals surface area (Å²) in [4.78, 5) is 20.3. The van der Waals surface area contributed by atoms with E-state index in [0.717, 1.165) is 0 Å². The van der Waals surface area contributed by atoms with Gasteiger partial charge in [-0.05, 0) is 37.3 Å². The molecule has 8 heteroatoms. The summed E-state index contributed by atoms with van der Waals surface area (Å²) in [5.74, 6) is -0.310. The highest BCUT2D eigenvalue weighted by atomic mass is 35.5. The number of hydrogen-bond acceptors (Lipinski definition) is 5. The van der Waals surface area contributed by atoms with E-state index in [4.69, 9.17) is 34.7 Å². The summed E-state index contributed by atoms with van der Waals surface area (Å²) in [6.07, 6.45) is 4.36. The first kappa shape index (κ1) is 17.8. The van der Waals surface area contributed by atoms with E-state index in [0.29, 0.717) is 27.0 Å². The minimum absolute atomic E-state index is 0.152. The van der Waals surface area contributed by atoms with Crippen LogP contribution in [0.15, 0.2) is 54.3 Å². The highest BCUT2D eigenvalue weighted by Gasteiger charge is 2.11. The van der Waals surface area contributed by atoms with Crippen molar-refractivity contribution in [2.75, 3.05) is 0 Å². The number of nitrogens with zero attached hydrogens (tertiary/aromatic N) is 2. The Morgan fingerprint density at radius 1 is 1.12 bits per heavy atom. The summed E-state index contributed by atoms with van der Waals surface area (Å²) < 4.78 is 0. The quantitative estimate of drug-likeness (QED) is 0.723. The second-order valence-electron chi connectivity index (χ2n) is 4.90. The minimum atomic E-state index is -0.462. The van der Waals surface area contributed by atoms with Crippen LogP contribution in [-0.2, 0) is 0 Å². The van der Waals surface area contributed by atoms with Gasteiger partial charge >= 0.3 is 0 Å². The predicted molar refractivity (Wildman–Crippen MR) is 95.2 cm³/mol. The Balaban J connectivity index is 2.23. The van der Waals surface area contributed by atoms with Crippen LogP contribution >= 0.6 is 23.2 Å². The number of nitrogens with two attached hydrogens (primary N) is 2. The number of carbonyl (C=O) groups is 1. The van der Waals surface area contributed by atoms with Gasteiger partial charge in [0, 0.05) is 11.3 Å². The molecule has 0 radical (unpaired) electrons. The maximum Gasteiger partial charge on any atom is 0.275 e. The summed E-state index contributed by atoms with van der Waals surface area (Å²) in [5.41, 5.74) is 13.2. The third kappa shape index (κ3) is 4.71. The Morgan fingerprint density at radius 2 is 1.88 bits per heavy atom. The number of aromatic nitrogens is 2. The molecule has 24 heavy (non-hydrogen) atoms. The molecule has 0 bridgehead atoms. The molecule has 1 aromatic carbocycles. The molecule has 6 nitrogen and oxygen atoms in total. The van der Waals surface area contributed by atoms with E-state index >= 15 is 0 Å². The molecule has 0 aliphatic rings. The van der Waals surface area contributed by atoms with Crippen molar-refractivity contribution in [1.29, 1.82) is 0 Å². The summed E-state index contributed by atoms with van der Waals surface area (Å²) in [6, 6.07) is 6.60. The van der Waals surface area contributed by atoms with Crippen LogP contribution in [0.25, 0.3) is 11.3 Å². The topological polar surface area (TPSA) is 107 Å². The van der Waals surface area contributed by atoms with Crippen LogP contribution in [0.4, 0.5) is 0 Å². The van der Waals surface area contributed by atoms with E-state index in [9.17, 15) is 4.79 Å². The number of amides is 1. The second kappa shape index (κ2) is 7.81. The molecule has 124 valence electrons. The first-order chi connectivity index (χ1) is 11.4. The maximum atomic E-state index is 12.2. The van der Waals surface area contributed by atoms with E-state index in [1.54, 1.807) is 31.2 Å². The van der Waals surface area contributed by atoms with Gasteiger partial charge < -0.3 is 16.8 Å². The van der Waals surface area contributed by atoms with Crippen molar-refractivity contribution in [1.82, 2.24) is 15.3 Å². The van der Waals surface area contributed by atoms with Crippen molar-refractivity contribution < 1.29 is 4.79 Å². The minimum Gasteiger partial charge on any atom is -0.402 e. The van der Waals surface area contributed by atoms with Crippen LogP contribution in [0.1, 0.15) is 17.4 Å². The largest absolute Gasteiger partial charge is 0.402 e. The zero-order valence-corrected chi connectivity index (χ0v) is 14.3. The van der Waals surface area contributed by atoms with Crippen LogP contribution in [0, 0.1) is 0 Å². The van der Waals surface area contributed by atoms with E-state index in [2.05, 4.69) is 15.3 Å². The van der Waals surface area contributed by atoms with Crippen LogP contribution in [0.2, 0.25) is 10.0 Å². The Morgan fingerprint density at radius 3 is 2.54 bits per heavy atom. The van der Waals surface area contributed by atoms with Crippen LogP contribution in [0.5, 0.6) is 0 Å². The van der Waals surface area contributed by atoms with Gasteiger partial charge in [0.15, 0.2) is 0 Å². The zero-order valence-electron chi connectivity index (χ0n) is 12.8. The Hall–Kier alpha value is -2.57. The van der Waals surface area contributed by atoms with E-state index < -0.39 is 5.91 Å². The standard InChI is InChI=1S/C16H15Cl2N5O/c1-9(19)2-5-15(20)23-16(24)14-7-13(21-8-22-14)10-3-4-11(17)12(18)6-10/h2-8H,19-20H2,1H3,(H,23,24)/b9-2-,15-5+. The molecular formula is C16H15Cl2N5O. The van der Waals surface area contributed by atoms with Gasteiger partial charge in [0.05, 0.1) is 15.7 Å². The lowest BCUT2D eigenvalue weighted by molar-refractivity contribution is 0.0960. The van der Waals surface area contributed by atoms with Crippen molar-refractivity contribution in [2.24, 2.45) is 11.5 Å². The van der Waals surface area contributed by atoms with Crippen LogP contribution < -0.4 is 16.8 Å². The van der Waals surface area contributed by atoms with Gasteiger partial charge in [0.2, 0.25) is 0 Å². The van der Waals surface area contributed by atoms with Gasteiger partial charge in [-0.2, -0.15) is 0 Å². The van der Waals surface area contributed by atoms with Gasteiger partial charge in [0.25, 0.3) is 5.91 Å². The molecule has 0 fully saturated rings. The maximum absolute atomic E-state index is 12.2. The summed E-state index contributed by atoms with van der Waals surface area (Å²) in [6.45, 7) is 1.71. The van der Waals surface area contributed by atoms with E-state index in [-0.39, 0.29) is 11.5 Å². The SMILES string of the molecule is C/C(N)=C/C=C(\N)NC(=O)c1cc(-c2ccc(Cl)c(Cl)c2)ncn1. The molecule has 1 aromatic heterocycles. The molecule has 0 aliphatic heterocycles. The summed E-state index contributed by atoms with van der Waals surface area (Å²) >= 11 is 11.9. The highest BCUT2D eigenvalue weighted by molar-refractivity contribution is 6.42. The lowest BCUT2D eigenvalue weighted by Crippen LogP contribution is -2.28. The molecule has 0 atom stereocenters. The predicted octanol–water partition coefficient (Wildman–Crippen LogP) is 2.84. The van der Waals surface area contributed by atoms with Crippen molar-refractivity contribution in [3.8, 4) is 11.3 Å². The fourth-order valence-electron chi connectivity index (χ4n) is 1.75. The zero-order chi connectivity index (χ0) is 17.7. The van der Waals surface area contributed by atoms with Crippen molar-refractivity contribution in [3.63, 3.8) is 0 Å². The third-order valence-corrected chi connectivity index (χ3v) is 3.64. The summed E-state index contributed by atoms with van der Waals surface area (Å²) in [5, 5.41) is 3.35. The Kier molecular flexibility index (Phi) is 5.78. The van der Waals surface area contributed by atoms with Gasteiger partial charge in [-0.3, -0.25) is 4.79 Å². The lowest BCUT2D eigenvalue weighted by atomic mass is 10.1. The second-order valence-corrected chi connectivity index (χ2v) is 5.72. The molecule has 1 amide bonds. The molecular weight excluding hydrogens is 349 g/mol. The van der Waals surface area contributed by atoms with Gasteiger partial charge in [-0.25, -0.2) is 9.97 Å². The van der Waals surface area contributed by atoms with Crippen molar-refractivity contribution in [2.45, 2.75) is 6.92 Å².